The molecule has 0 spiro atoms. The fourth-order valence-electron chi connectivity index (χ4n) is 3.04. The van der Waals surface area contributed by atoms with Crippen molar-refractivity contribution < 1.29 is 17.9 Å². The Hall–Kier alpha value is -2.74. The zero-order chi connectivity index (χ0) is 19.9. The van der Waals surface area contributed by atoms with Gasteiger partial charge in [-0.1, -0.05) is 0 Å². The predicted molar refractivity (Wildman–Crippen MR) is 104 cm³/mol. The highest BCUT2D eigenvalue weighted by molar-refractivity contribution is 7.10. The number of alkyl halides is 3. The molecule has 0 atom stereocenters. The summed E-state index contributed by atoms with van der Waals surface area (Å²) in [7, 11) is 1.92. The molecular formula is C20H18F3N3OS. The number of benzene rings is 1. The van der Waals surface area contributed by atoms with Gasteiger partial charge in [0.05, 0.1) is 5.52 Å². The predicted octanol–water partition coefficient (Wildman–Crippen LogP) is 5.40. The third kappa shape index (κ3) is 3.64. The van der Waals surface area contributed by atoms with E-state index in [1.165, 1.54) is 5.38 Å². The summed E-state index contributed by atoms with van der Waals surface area (Å²) in [5.74, 6) is 0.648. The van der Waals surface area contributed by atoms with Crippen molar-refractivity contribution in [1.29, 1.82) is 0 Å². The topological polar surface area (TPSA) is 30.3 Å². The molecule has 3 heterocycles. The molecule has 4 rings (SSSR count). The quantitative estimate of drug-likeness (QED) is 0.583. The van der Waals surface area contributed by atoms with Gasteiger partial charge in [0.15, 0.2) is 0 Å². The first kappa shape index (κ1) is 18.6. The van der Waals surface area contributed by atoms with E-state index in [1.807, 2.05) is 49.1 Å². The molecule has 0 radical (unpaired) electrons. The number of aryl methyl sites for hydroxylation is 2. The Morgan fingerprint density at radius 3 is 2.75 bits per heavy atom. The first-order valence-corrected chi connectivity index (χ1v) is 9.55. The van der Waals surface area contributed by atoms with E-state index < -0.39 is 11.1 Å². The van der Waals surface area contributed by atoms with E-state index in [2.05, 4.69) is 16.1 Å². The number of hydrogen-bond donors (Lipinski definition) is 0. The van der Waals surface area contributed by atoms with Gasteiger partial charge in [0, 0.05) is 42.1 Å². The van der Waals surface area contributed by atoms with Gasteiger partial charge in [-0.2, -0.15) is 18.3 Å². The molecule has 0 amide bonds. The van der Waals surface area contributed by atoms with Crippen LogP contribution < -0.4 is 4.90 Å². The van der Waals surface area contributed by atoms with Crippen LogP contribution in [0.4, 0.5) is 18.9 Å². The third-order valence-electron chi connectivity index (χ3n) is 4.69. The van der Waals surface area contributed by atoms with E-state index in [9.17, 15) is 13.2 Å². The van der Waals surface area contributed by atoms with E-state index >= 15 is 0 Å². The normalized spacial score (nSPS) is 14.6. The minimum atomic E-state index is -4.30. The van der Waals surface area contributed by atoms with Gasteiger partial charge < -0.3 is 9.64 Å². The smallest absolute Gasteiger partial charge is 0.425 e. The number of hydrogen-bond acceptors (Lipinski definition) is 4. The van der Waals surface area contributed by atoms with Crippen LogP contribution in [0.15, 0.2) is 53.8 Å². The summed E-state index contributed by atoms with van der Waals surface area (Å²) in [6, 6.07) is 7.25. The molecule has 1 aromatic carbocycles. The Morgan fingerprint density at radius 1 is 1.25 bits per heavy atom. The Bertz CT molecular complexity index is 1080. The van der Waals surface area contributed by atoms with Crippen molar-refractivity contribution in [3.8, 4) is 0 Å². The van der Waals surface area contributed by atoms with Crippen LogP contribution in [0.5, 0.6) is 0 Å². The van der Waals surface area contributed by atoms with Gasteiger partial charge in [-0.3, -0.25) is 4.68 Å². The minimum absolute atomic E-state index is 0.115. The van der Waals surface area contributed by atoms with Crippen LogP contribution >= 0.6 is 11.3 Å². The maximum Gasteiger partial charge on any atom is 0.425 e. The van der Waals surface area contributed by atoms with Gasteiger partial charge >= 0.3 is 6.18 Å². The number of rotatable bonds is 4. The first-order chi connectivity index (χ1) is 13.3. The monoisotopic (exact) mass is 405 g/mol. The second kappa shape index (κ2) is 7.01. The van der Waals surface area contributed by atoms with E-state index in [0.717, 1.165) is 28.4 Å². The van der Waals surface area contributed by atoms with Crippen LogP contribution in [0.25, 0.3) is 10.9 Å². The van der Waals surface area contributed by atoms with Crippen LogP contribution in [0.3, 0.4) is 0 Å². The molecule has 146 valence electrons. The maximum absolute atomic E-state index is 12.7. The molecule has 0 unspecified atom stereocenters. The van der Waals surface area contributed by atoms with E-state index in [-0.39, 0.29) is 6.61 Å². The van der Waals surface area contributed by atoms with Crippen LogP contribution in [0, 0.1) is 6.92 Å². The number of nitrogens with zero attached hydrogens (tertiary/aromatic N) is 3. The van der Waals surface area contributed by atoms with Gasteiger partial charge in [-0.25, -0.2) is 0 Å². The lowest BCUT2D eigenvalue weighted by atomic mass is 10.1. The molecule has 0 fully saturated rings. The molecule has 1 aliphatic rings. The van der Waals surface area contributed by atoms with Crippen molar-refractivity contribution in [1.82, 2.24) is 9.78 Å². The number of aromatic nitrogens is 2. The largest absolute Gasteiger partial charge is 0.489 e. The fraction of sp³-hybridized carbons (Fsp3) is 0.250. The standard InChI is InChI=1S/C20H18F3N3OS/c1-13-17-10-15(3-4-18(17)24-25(13)2)26-7-5-16(6-8-26)27-11-14-9-19(28-12-14)20(21,22)23/h3-7,9-10,12H,8,11H2,1-2H3. The molecule has 0 aliphatic carbocycles. The van der Waals surface area contributed by atoms with Crippen LogP contribution in [-0.4, -0.2) is 16.3 Å². The molecule has 3 aromatic rings. The lowest BCUT2D eigenvalue weighted by Crippen LogP contribution is -2.19. The zero-order valence-corrected chi connectivity index (χ0v) is 16.1. The molecular weight excluding hydrogens is 387 g/mol. The lowest BCUT2D eigenvalue weighted by molar-refractivity contribution is -0.134. The molecule has 2 aromatic heterocycles. The molecule has 0 saturated carbocycles. The summed E-state index contributed by atoms with van der Waals surface area (Å²) in [6.45, 7) is 2.77. The Kier molecular flexibility index (Phi) is 4.66. The summed E-state index contributed by atoms with van der Waals surface area (Å²) < 4.78 is 45.5. The van der Waals surface area contributed by atoms with E-state index in [0.29, 0.717) is 29.2 Å². The number of fused-ring (bicyclic) bond motifs is 1. The van der Waals surface area contributed by atoms with Gasteiger partial charge in [-0.05, 0) is 48.7 Å². The minimum Gasteiger partial charge on any atom is -0.489 e. The summed E-state index contributed by atoms with van der Waals surface area (Å²) in [5.41, 5.74) is 3.62. The maximum atomic E-state index is 12.7. The number of halogens is 3. The van der Waals surface area contributed by atoms with Crippen molar-refractivity contribution >= 4 is 27.9 Å². The van der Waals surface area contributed by atoms with Gasteiger partial charge in [-0.15, -0.1) is 11.3 Å². The van der Waals surface area contributed by atoms with Crippen LogP contribution in [0.2, 0.25) is 0 Å². The summed E-state index contributed by atoms with van der Waals surface area (Å²) >= 11 is 0.687. The summed E-state index contributed by atoms with van der Waals surface area (Å²) in [4.78, 5) is 1.47. The molecule has 1 aliphatic heterocycles. The number of allylic oxidation sites excluding steroid dienone is 1. The number of ether oxygens (including phenoxy) is 1. The Morgan fingerprint density at radius 2 is 2.07 bits per heavy atom. The third-order valence-corrected chi connectivity index (χ3v) is 5.72. The molecule has 8 heteroatoms. The highest BCUT2D eigenvalue weighted by atomic mass is 32.1. The van der Waals surface area contributed by atoms with Crippen molar-refractivity contribution in [2.45, 2.75) is 19.7 Å². The number of anilines is 1. The molecule has 4 nitrogen and oxygen atoms in total. The van der Waals surface area contributed by atoms with Crippen LogP contribution in [-0.2, 0) is 24.6 Å². The molecule has 0 N–H and O–H groups in total. The average Bonchev–Trinajstić information content (AvgIpc) is 3.26. The summed E-state index contributed by atoms with van der Waals surface area (Å²) in [5, 5.41) is 7.05. The molecule has 0 bridgehead atoms. The van der Waals surface area contributed by atoms with Crippen molar-refractivity contribution in [3.05, 3.63) is 69.9 Å². The summed E-state index contributed by atoms with van der Waals surface area (Å²) in [6.07, 6.45) is 1.34. The van der Waals surface area contributed by atoms with Crippen molar-refractivity contribution in [3.63, 3.8) is 0 Å². The van der Waals surface area contributed by atoms with Gasteiger partial charge in [0.1, 0.15) is 17.2 Å². The first-order valence-electron chi connectivity index (χ1n) is 8.67. The second-order valence-electron chi connectivity index (χ2n) is 6.59. The average molecular weight is 405 g/mol. The Labute approximate surface area is 164 Å². The highest BCUT2D eigenvalue weighted by Gasteiger charge is 2.32. The molecule has 28 heavy (non-hydrogen) atoms. The lowest BCUT2D eigenvalue weighted by Gasteiger charge is -2.23. The van der Waals surface area contributed by atoms with Gasteiger partial charge in [0.2, 0.25) is 0 Å². The van der Waals surface area contributed by atoms with Crippen LogP contribution in [0.1, 0.15) is 16.1 Å². The van der Waals surface area contributed by atoms with Crippen molar-refractivity contribution in [2.75, 3.05) is 11.4 Å². The van der Waals surface area contributed by atoms with E-state index in [4.69, 9.17) is 4.74 Å². The fourth-order valence-corrected chi connectivity index (χ4v) is 3.80. The zero-order valence-electron chi connectivity index (χ0n) is 15.3. The van der Waals surface area contributed by atoms with Gasteiger partial charge in [0.25, 0.3) is 0 Å². The highest BCUT2D eigenvalue weighted by Crippen LogP contribution is 2.34. The SMILES string of the molecule is Cc1c2cc(N3C=CC(OCc4csc(C(F)(F)F)c4)=CC3)ccc2nn1C. The number of thiophene rings is 1. The Balaban J connectivity index is 1.40. The molecule has 0 saturated heterocycles. The second-order valence-corrected chi connectivity index (χ2v) is 7.50. The van der Waals surface area contributed by atoms with E-state index in [1.54, 1.807) is 0 Å². The van der Waals surface area contributed by atoms with Crippen molar-refractivity contribution in [2.24, 2.45) is 7.05 Å².